The molecule has 0 aliphatic heterocycles. The van der Waals surface area contributed by atoms with Gasteiger partial charge in [-0.2, -0.15) is 5.26 Å². The van der Waals surface area contributed by atoms with E-state index in [1.165, 1.54) is 0 Å². The van der Waals surface area contributed by atoms with Crippen LogP contribution in [-0.4, -0.2) is 0 Å². The Balaban J connectivity index is 2.92. The van der Waals surface area contributed by atoms with Crippen molar-refractivity contribution in [2.45, 2.75) is 0 Å². The van der Waals surface area contributed by atoms with Crippen LogP contribution in [0.4, 0.5) is 0 Å². The van der Waals surface area contributed by atoms with Gasteiger partial charge >= 0.3 is 0 Å². The molecule has 19 valence electrons. The van der Waals surface area contributed by atoms with Gasteiger partial charge in [0.2, 0.25) is 0 Å². The zero-order valence-corrected chi connectivity index (χ0v) is 2.10. The maximum absolute atomic E-state index is 7.44. The van der Waals surface area contributed by atoms with Crippen molar-refractivity contribution in [1.82, 2.24) is 0 Å². The van der Waals surface area contributed by atoms with E-state index < -0.39 is 0 Å². The second-order valence-electron chi connectivity index (χ2n) is 0.296. The maximum atomic E-state index is 7.44. The standard InChI is InChI=1S/C3H2N/c1-2-3-4/h1-2H. The smallest absolute Gasteiger partial charge is 0.0912 e. The van der Waals surface area contributed by atoms with E-state index in [4.69, 9.17) is 5.26 Å². The fourth-order valence-electron chi connectivity index (χ4n) is 0. The van der Waals surface area contributed by atoms with Crippen LogP contribution in [0.1, 0.15) is 0 Å². The van der Waals surface area contributed by atoms with E-state index in [0.717, 1.165) is 6.08 Å². The van der Waals surface area contributed by atoms with Gasteiger partial charge in [0.25, 0.3) is 0 Å². The Morgan fingerprint density at radius 1 is 2.00 bits per heavy atom. The number of rotatable bonds is 0. The number of hydrogen-bond donors (Lipinski definition) is 0. The van der Waals surface area contributed by atoms with Crippen LogP contribution in [0.15, 0.2) is 6.08 Å². The van der Waals surface area contributed by atoms with Crippen LogP contribution in [-0.2, 0) is 0 Å². The molecule has 0 saturated heterocycles. The first kappa shape index (κ1) is 3.23. The Morgan fingerprint density at radius 3 is 2.25 bits per heavy atom. The minimum absolute atomic E-state index is 0.931. The van der Waals surface area contributed by atoms with Gasteiger partial charge in [-0.05, 0) is 0 Å². The Labute approximate surface area is 25.2 Å². The van der Waals surface area contributed by atoms with Gasteiger partial charge < -0.3 is 0 Å². The lowest BCUT2D eigenvalue weighted by molar-refractivity contribution is 1.54. The third kappa shape index (κ3) is 1.23. The fraction of sp³-hybridized carbons (Fsp3) is 0. The van der Waals surface area contributed by atoms with Crippen LogP contribution in [0, 0.1) is 17.9 Å². The van der Waals surface area contributed by atoms with E-state index in [-0.39, 0.29) is 0 Å². The summed E-state index contributed by atoms with van der Waals surface area (Å²) < 4.78 is 0. The summed E-state index contributed by atoms with van der Waals surface area (Å²) in [7, 11) is 0. The van der Waals surface area contributed by atoms with Crippen LogP contribution >= 0.6 is 0 Å². The Bertz CT molecular complexity index is 48.8. The Kier molecular flexibility index (Phi) is 1.80. The highest BCUT2D eigenvalue weighted by Crippen LogP contribution is 1.40. The zero-order valence-electron chi connectivity index (χ0n) is 2.10. The highest BCUT2D eigenvalue weighted by Gasteiger charge is 1.34. The fourth-order valence-corrected chi connectivity index (χ4v) is 0. The van der Waals surface area contributed by atoms with Gasteiger partial charge in [-0.15, -0.1) is 0 Å². The number of allylic oxidation sites excluding steroid dienone is 1. The minimum atomic E-state index is 0.931. The third-order valence-corrected chi connectivity index (χ3v) is 0.0745. The van der Waals surface area contributed by atoms with E-state index in [1.807, 2.05) is 0 Å². The van der Waals surface area contributed by atoms with Crippen molar-refractivity contribution in [3.8, 4) is 6.07 Å². The summed E-state index contributed by atoms with van der Waals surface area (Å²) >= 11 is 0. The number of nitrogens with zero attached hydrogens (tertiary/aromatic N) is 1. The molecule has 0 aliphatic rings. The highest BCUT2D eigenvalue weighted by molar-refractivity contribution is 4.91. The van der Waals surface area contributed by atoms with Gasteiger partial charge in [0.15, 0.2) is 0 Å². The van der Waals surface area contributed by atoms with Gasteiger partial charge in [-0.25, -0.2) is 0 Å². The van der Waals surface area contributed by atoms with E-state index in [1.54, 1.807) is 6.07 Å². The second kappa shape index (κ2) is 2.23. The molecule has 0 atom stereocenters. The van der Waals surface area contributed by atoms with Crippen molar-refractivity contribution in [1.29, 1.82) is 5.26 Å². The molecular formula is C3H2N. The molecule has 0 fully saturated rings. The van der Waals surface area contributed by atoms with E-state index in [9.17, 15) is 0 Å². The zero-order chi connectivity index (χ0) is 3.41. The van der Waals surface area contributed by atoms with Gasteiger partial charge in [0, 0.05) is 6.08 Å². The summed E-state index contributed by atoms with van der Waals surface area (Å²) in [5, 5.41) is 7.44. The molecule has 1 radical (unpaired) electrons. The van der Waals surface area contributed by atoms with Crippen molar-refractivity contribution in [2.75, 3.05) is 0 Å². The minimum Gasteiger partial charge on any atom is -0.193 e. The molecule has 0 heterocycles. The van der Waals surface area contributed by atoms with Crippen molar-refractivity contribution in [2.24, 2.45) is 0 Å². The molecule has 0 aliphatic carbocycles. The van der Waals surface area contributed by atoms with E-state index in [2.05, 4.69) is 6.58 Å². The van der Waals surface area contributed by atoms with Gasteiger partial charge in [0.05, 0.1) is 6.07 Å². The van der Waals surface area contributed by atoms with Gasteiger partial charge in [0.1, 0.15) is 0 Å². The molecule has 0 aromatic carbocycles. The average Bonchev–Trinajstić information content (AvgIpc) is 1.37. The number of nitriles is 1. The molecule has 0 unspecified atom stereocenters. The first-order valence-corrected chi connectivity index (χ1v) is 0.846. The molecule has 0 rings (SSSR count). The monoisotopic (exact) mass is 52.0 g/mol. The highest BCUT2D eigenvalue weighted by atomic mass is 14.2. The number of hydrogen-bond acceptors (Lipinski definition) is 1. The second-order valence-corrected chi connectivity index (χ2v) is 0.296. The van der Waals surface area contributed by atoms with Gasteiger partial charge in [-0.3, -0.25) is 0 Å². The molecule has 1 heteroatoms. The molecule has 1 nitrogen and oxygen atoms in total. The summed E-state index contributed by atoms with van der Waals surface area (Å²) in [6, 6.07) is 1.58. The summed E-state index contributed by atoms with van der Waals surface area (Å²) in [6.07, 6.45) is 0.931. The molecule has 4 heavy (non-hydrogen) atoms. The predicted octanol–water partition coefficient (Wildman–Crippen LogP) is 0.499. The van der Waals surface area contributed by atoms with Crippen LogP contribution in [0.2, 0.25) is 0 Å². The molecule has 0 aromatic rings. The summed E-state index contributed by atoms with van der Waals surface area (Å²) in [5.41, 5.74) is 0. The van der Waals surface area contributed by atoms with Crippen LogP contribution in [0.25, 0.3) is 0 Å². The first-order chi connectivity index (χ1) is 1.91. The lowest BCUT2D eigenvalue weighted by Crippen LogP contribution is -1.24. The summed E-state index contributed by atoms with van der Waals surface area (Å²) in [5.74, 6) is 0. The van der Waals surface area contributed by atoms with Crippen LogP contribution in [0.5, 0.6) is 0 Å². The summed E-state index contributed by atoms with van der Waals surface area (Å²) in [4.78, 5) is 0. The van der Waals surface area contributed by atoms with Crippen LogP contribution in [0.3, 0.4) is 0 Å². The summed E-state index contributed by atoms with van der Waals surface area (Å²) in [6.45, 7) is 4.54. The molecule has 0 aromatic heterocycles. The molecule has 0 bridgehead atoms. The SMILES string of the molecule is [CH]=CC#N. The van der Waals surface area contributed by atoms with Crippen molar-refractivity contribution >= 4 is 0 Å². The Morgan fingerprint density at radius 2 is 2.25 bits per heavy atom. The van der Waals surface area contributed by atoms with Crippen molar-refractivity contribution in [3.63, 3.8) is 0 Å². The molecule has 0 spiro atoms. The maximum Gasteiger partial charge on any atom is 0.0912 e. The largest absolute Gasteiger partial charge is 0.193 e. The third-order valence-electron chi connectivity index (χ3n) is 0.0745. The first-order valence-electron chi connectivity index (χ1n) is 0.846. The lowest BCUT2D eigenvalue weighted by atomic mass is 10.8. The molecule has 0 amide bonds. The topological polar surface area (TPSA) is 23.8 Å². The van der Waals surface area contributed by atoms with Crippen LogP contribution < -0.4 is 0 Å². The normalized spacial score (nSPS) is 3.75. The lowest BCUT2D eigenvalue weighted by Gasteiger charge is -1.30. The average molecular weight is 52.1 g/mol. The predicted molar refractivity (Wildman–Crippen MR) is 14.5 cm³/mol. The quantitative estimate of drug-likeness (QED) is 0.368. The van der Waals surface area contributed by atoms with E-state index >= 15 is 0 Å². The molecule has 0 N–H and O–H groups in total. The van der Waals surface area contributed by atoms with Crippen molar-refractivity contribution < 1.29 is 0 Å². The van der Waals surface area contributed by atoms with Gasteiger partial charge in [-0.1, -0.05) is 6.58 Å². The van der Waals surface area contributed by atoms with Crippen molar-refractivity contribution in [3.05, 3.63) is 12.7 Å². The Hall–Kier alpha value is -0.770. The molecular weight excluding hydrogens is 50.0 g/mol. The van der Waals surface area contributed by atoms with E-state index in [0.29, 0.717) is 0 Å². The molecule has 0 saturated carbocycles.